The largest absolute Gasteiger partial charge is 0.457 e. The summed E-state index contributed by atoms with van der Waals surface area (Å²) in [6, 6.07) is 19.7. The van der Waals surface area contributed by atoms with E-state index in [0.29, 0.717) is 11.3 Å². The van der Waals surface area contributed by atoms with Gasteiger partial charge in [-0.3, -0.25) is 19.7 Å². The number of hydrogen-bond acceptors (Lipinski definition) is 8. The first-order valence-corrected chi connectivity index (χ1v) is 11.2. The Bertz CT molecular complexity index is 1510. The third-order valence-electron chi connectivity index (χ3n) is 5.22. The van der Waals surface area contributed by atoms with Gasteiger partial charge < -0.3 is 14.5 Å². The molecule has 11 nitrogen and oxygen atoms in total. The van der Waals surface area contributed by atoms with Crippen LogP contribution in [-0.2, 0) is 0 Å². The molecule has 190 valence electrons. The number of nitro groups is 1. The number of hydrogen-bond donors (Lipinski definition) is 2. The molecule has 0 aliphatic carbocycles. The maximum atomic E-state index is 12.5. The third-order valence-corrected chi connectivity index (χ3v) is 5.22. The van der Waals surface area contributed by atoms with E-state index in [1.165, 1.54) is 42.7 Å². The summed E-state index contributed by atoms with van der Waals surface area (Å²) in [5, 5.41) is 17.8. The zero-order valence-electron chi connectivity index (χ0n) is 19.9. The fourth-order valence-electron chi connectivity index (χ4n) is 3.23. The van der Waals surface area contributed by atoms with Crippen LogP contribution in [0.2, 0.25) is 0 Å². The molecule has 38 heavy (non-hydrogen) atoms. The highest BCUT2D eigenvalue weighted by Crippen LogP contribution is 2.24. The number of nitrogens with zero attached hydrogens (tertiary/aromatic N) is 2. The summed E-state index contributed by atoms with van der Waals surface area (Å²) in [5.74, 6) is -1.75. The molecule has 0 saturated carbocycles. The topological polar surface area (TPSA) is 153 Å². The van der Waals surface area contributed by atoms with Gasteiger partial charge in [-0.15, -0.1) is 0 Å². The van der Waals surface area contributed by atoms with Crippen molar-refractivity contribution in [2.24, 2.45) is 5.10 Å². The summed E-state index contributed by atoms with van der Waals surface area (Å²) in [6.45, 7) is 1.93. The Morgan fingerprint density at radius 3 is 2.29 bits per heavy atom. The molecule has 0 aliphatic heterocycles. The van der Waals surface area contributed by atoms with Crippen molar-refractivity contribution in [1.29, 1.82) is 0 Å². The molecule has 1 aromatic heterocycles. The molecular formula is C27H20N4O7. The molecule has 1 heterocycles. The third kappa shape index (κ3) is 6.34. The van der Waals surface area contributed by atoms with Gasteiger partial charge in [-0.05, 0) is 61.5 Å². The maximum Gasteiger partial charge on any atom is 0.379 e. The first-order valence-electron chi connectivity index (χ1n) is 11.2. The van der Waals surface area contributed by atoms with Gasteiger partial charge in [0.05, 0.1) is 17.4 Å². The van der Waals surface area contributed by atoms with Crippen molar-refractivity contribution >= 4 is 35.4 Å². The number of nitro benzene ring substituents is 1. The molecular weight excluding hydrogens is 492 g/mol. The van der Waals surface area contributed by atoms with Gasteiger partial charge in [0.15, 0.2) is 0 Å². The minimum Gasteiger partial charge on any atom is -0.457 e. The van der Waals surface area contributed by atoms with Crippen molar-refractivity contribution in [1.82, 2.24) is 5.43 Å². The lowest BCUT2D eigenvalue weighted by Gasteiger charge is -2.07. The van der Waals surface area contributed by atoms with E-state index in [4.69, 9.17) is 9.15 Å². The fourth-order valence-corrected chi connectivity index (χ4v) is 3.23. The lowest BCUT2D eigenvalue weighted by Crippen LogP contribution is -2.18. The smallest absolute Gasteiger partial charge is 0.379 e. The summed E-state index contributed by atoms with van der Waals surface area (Å²) < 4.78 is 10.2. The molecule has 0 bridgehead atoms. The van der Waals surface area contributed by atoms with Gasteiger partial charge in [-0.2, -0.15) is 5.10 Å². The zero-order chi connectivity index (χ0) is 27.1. The van der Waals surface area contributed by atoms with Crippen LogP contribution in [0.15, 0.2) is 94.6 Å². The standard InChI is InChI=1S/C27H20N4O7/c1-17-4-6-18(7-5-17)25(32)29-21-10-8-19(9-11-21)26(33)30-28-16-20-15-22(31(35)36)12-13-23(20)38-27(34)24-3-2-14-37-24/h2-16H,1H3,(H,29,32)(H,30,33)/b28-16+. The number of hydrazone groups is 1. The van der Waals surface area contributed by atoms with Crippen LogP contribution in [0.25, 0.3) is 0 Å². The highest BCUT2D eigenvalue weighted by Gasteiger charge is 2.17. The van der Waals surface area contributed by atoms with E-state index in [1.54, 1.807) is 24.3 Å². The van der Waals surface area contributed by atoms with Crippen LogP contribution in [0.4, 0.5) is 11.4 Å². The van der Waals surface area contributed by atoms with Crippen LogP contribution in [0.1, 0.15) is 42.4 Å². The predicted molar refractivity (Wildman–Crippen MR) is 137 cm³/mol. The van der Waals surface area contributed by atoms with Crippen molar-refractivity contribution in [3.63, 3.8) is 0 Å². The number of aryl methyl sites for hydroxylation is 1. The number of esters is 1. The van der Waals surface area contributed by atoms with Crippen LogP contribution >= 0.6 is 0 Å². The van der Waals surface area contributed by atoms with Crippen LogP contribution in [0.5, 0.6) is 5.75 Å². The van der Waals surface area contributed by atoms with Gasteiger partial charge in [-0.1, -0.05) is 17.7 Å². The van der Waals surface area contributed by atoms with Crippen LogP contribution < -0.4 is 15.5 Å². The van der Waals surface area contributed by atoms with Crippen molar-refractivity contribution in [3.8, 4) is 5.75 Å². The Labute approximate surface area is 215 Å². The van der Waals surface area contributed by atoms with Gasteiger partial charge in [0.25, 0.3) is 17.5 Å². The summed E-state index contributed by atoms with van der Waals surface area (Å²) in [5.41, 5.74) is 4.41. The first kappa shape index (κ1) is 25.5. The Balaban J connectivity index is 1.42. The number of rotatable bonds is 8. The molecule has 0 spiro atoms. The number of amides is 2. The second-order valence-corrected chi connectivity index (χ2v) is 7.94. The SMILES string of the molecule is Cc1ccc(C(=O)Nc2ccc(C(=O)N/N=C/c3cc([N+](=O)[O-])ccc3OC(=O)c3ccco3)cc2)cc1. The Hall–Kier alpha value is -5.58. The number of benzene rings is 3. The van der Waals surface area contributed by atoms with Gasteiger partial charge in [-0.25, -0.2) is 10.2 Å². The number of ether oxygens (including phenoxy) is 1. The molecule has 4 rings (SSSR count). The van der Waals surface area contributed by atoms with Crippen molar-refractivity contribution < 1.29 is 28.5 Å². The molecule has 0 saturated heterocycles. The minimum absolute atomic E-state index is 0.0244. The highest BCUT2D eigenvalue weighted by atomic mass is 16.6. The first-order chi connectivity index (χ1) is 18.3. The molecule has 2 N–H and O–H groups in total. The molecule has 2 amide bonds. The van der Waals surface area contributed by atoms with Gasteiger partial charge >= 0.3 is 5.97 Å². The Morgan fingerprint density at radius 2 is 1.63 bits per heavy atom. The number of furan rings is 1. The summed E-state index contributed by atoms with van der Waals surface area (Å²) in [4.78, 5) is 47.6. The van der Waals surface area contributed by atoms with E-state index in [2.05, 4.69) is 15.8 Å². The van der Waals surface area contributed by atoms with Crippen LogP contribution in [0.3, 0.4) is 0 Å². The molecule has 4 aromatic rings. The number of non-ortho nitro benzene ring substituents is 1. The quantitative estimate of drug-likeness (QED) is 0.114. The van der Waals surface area contributed by atoms with E-state index in [1.807, 2.05) is 19.1 Å². The second kappa shape index (κ2) is 11.4. The second-order valence-electron chi connectivity index (χ2n) is 7.94. The molecule has 0 fully saturated rings. The average Bonchev–Trinajstić information content (AvgIpc) is 3.45. The number of carbonyl (C=O) groups excluding carboxylic acids is 3. The Morgan fingerprint density at radius 1 is 0.947 bits per heavy atom. The Kier molecular flexibility index (Phi) is 7.68. The molecule has 0 atom stereocenters. The monoisotopic (exact) mass is 512 g/mol. The molecule has 11 heteroatoms. The van der Waals surface area contributed by atoms with Gasteiger partial charge in [0, 0.05) is 34.5 Å². The number of anilines is 1. The van der Waals surface area contributed by atoms with E-state index in [0.717, 1.165) is 17.8 Å². The summed E-state index contributed by atoms with van der Waals surface area (Å²) in [6.07, 6.45) is 2.42. The summed E-state index contributed by atoms with van der Waals surface area (Å²) >= 11 is 0. The van der Waals surface area contributed by atoms with E-state index in [-0.39, 0.29) is 34.2 Å². The number of nitrogens with one attached hydrogen (secondary N) is 2. The zero-order valence-corrected chi connectivity index (χ0v) is 19.9. The lowest BCUT2D eigenvalue weighted by molar-refractivity contribution is -0.384. The molecule has 0 unspecified atom stereocenters. The van der Waals surface area contributed by atoms with E-state index in [9.17, 15) is 24.5 Å². The maximum absolute atomic E-state index is 12.5. The van der Waals surface area contributed by atoms with Crippen molar-refractivity contribution in [3.05, 3.63) is 123 Å². The van der Waals surface area contributed by atoms with E-state index < -0.39 is 16.8 Å². The average molecular weight is 512 g/mol. The van der Waals surface area contributed by atoms with Crippen LogP contribution in [-0.4, -0.2) is 28.9 Å². The highest BCUT2D eigenvalue weighted by molar-refractivity contribution is 6.04. The molecule has 0 radical (unpaired) electrons. The summed E-state index contributed by atoms with van der Waals surface area (Å²) in [7, 11) is 0. The normalized spacial score (nSPS) is 10.7. The minimum atomic E-state index is -0.808. The van der Waals surface area contributed by atoms with Crippen molar-refractivity contribution in [2.75, 3.05) is 5.32 Å². The van der Waals surface area contributed by atoms with Crippen molar-refractivity contribution in [2.45, 2.75) is 6.92 Å². The molecule has 0 aliphatic rings. The fraction of sp³-hybridized carbons (Fsp3) is 0.0370. The predicted octanol–water partition coefficient (Wildman–Crippen LogP) is 4.73. The lowest BCUT2D eigenvalue weighted by atomic mass is 10.1. The number of carbonyl (C=O) groups is 3. The van der Waals surface area contributed by atoms with Crippen LogP contribution in [0, 0.1) is 17.0 Å². The van der Waals surface area contributed by atoms with Gasteiger partial charge in [0.1, 0.15) is 5.75 Å². The molecule has 3 aromatic carbocycles. The van der Waals surface area contributed by atoms with E-state index >= 15 is 0 Å². The van der Waals surface area contributed by atoms with Gasteiger partial charge in [0.2, 0.25) is 5.76 Å².